The highest BCUT2D eigenvalue weighted by molar-refractivity contribution is 7.99. The molecule has 0 rings (SSSR count). The minimum absolute atomic E-state index is 0.221. The van der Waals surface area contributed by atoms with Crippen LogP contribution >= 0.6 is 11.8 Å². The van der Waals surface area contributed by atoms with Gasteiger partial charge in [0, 0.05) is 17.5 Å². The molecule has 56 valence electrons. The molecule has 0 aliphatic carbocycles. The summed E-state index contributed by atoms with van der Waals surface area (Å²) < 4.78 is 0. The number of hydrogen-bond donors (Lipinski definition) is 2. The molecular weight excluding hydrogens is 134 g/mol. The van der Waals surface area contributed by atoms with Crippen molar-refractivity contribution in [2.75, 3.05) is 12.3 Å². The van der Waals surface area contributed by atoms with E-state index in [1.807, 2.05) is 6.92 Å². The zero-order chi connectivity index (χ0) is 7.28. The lowest BCUT2D eigenvalue weighted by atomic mass is 10.3. The van der Waals surface area contributed by atoms with Crippen molar-refractivity contribution in [1.82, 2.24) is 0 Å². The van der Waals surface area contributed by atoms with Crippen molar-refractivity contribution < 1.29 is 5.11 Å². The van der Waals surface area contributed by atoms with Crippen molar-refractivity contribution in [3.05, 3.63) is 0 Å². The normalized spacial score (nSPS) is 17.3. The van der Waals surface area contributed by atoms with E-state index in [1.165, 1.54) is 0 Å². The van der Waals surface area contributed by atoms with Gasteiger partial charge in [-0.2, -0.15) is 11.8 Å². The molecule has 0 amide bonds. The van der Waals surface area contributed by atoms with Crippen LogP contribution in [0.2, 0.25) is 0 Å². The highest BCUT2D eigenvalue weighted by atomic mass is 32.2. The SMILES string of the molecule is CC(O)C(C)SCCN. The summed E-state index contributed by atoms with van der Waals surface area (Å²) in [7, 11) is 0. The monoisotopic (exact) mass is 149 g/mol. The van der Waals surface area contributed by atoms with E-state index in [1.54, 1.807) is 18.7 Å². The van der Waals surface area contributed by atoms with Gasteiger partial charge in [0.05, 0.1) is 6.10 Å². The lowest BCUT2D eigenvalue weighted by Gasteiger charge is -2.12. The number of aliphatic hydroxyl groups excluding tert-OH is 1. The Labute approximate surface area is 60.8 Å². The summed E-state index contributed by atoms with van der Waals surface area (Å²) >= 11 is 1.71. The molecule has 2 atom stereocenters. The number of hydrogen-bond acceptors (Lipinski definition) is 3. The summed E-state index contributed by atoms with van der Waals surface area (Å²) in [6, 6.07) is 0. The predicted octanol–water partition coefficient (Wildman–Crippen LogP) is 0.448. The fraction of sp³-hybridized carbons (Fsp3) is 1.00. The Morgan fingerprint density at radius 2 is 2.11 bits per heavy atom. The van der Waals surface area contributed by atoms with E-state index in [0.29, 0.717) is 11.8 Å². The average Bonchev–Trinajstić information content (AvgIpc) is 1.82. The number of aliphatic hydroxyl groups is 1. The molecule has 3 N–H and O–H groups in total. The Hall–Kier alpha value is 0.270. The smallest absolute Gasteiger partial charge is 0.0627 e. The van der Waals surface area contributed by atoms with Gasteiger partial charge in [-0.1, -0.05) is 6.92 Å². The van der Waals surface area contributed by atoms with Crippen molar-refractivity contribution in [3.63, 3.8) is 0 Å². The van der Waals surface area contributed by atoms with Crippen LogP contribution in [0.15, 0.2) is 0 Å². The van der Waals surface area contributed by atoms with Gasteiger partial charge in [-0.25, -0.2) is 0 Å². The summed E-state index contributed by atoms with van der Waals surface area (Å²) in [5.41, 5.74) is 5.27. The van der Waals surface area contributed by atoms with E-state index >= 15 is 0 Å². The van der Waals surface area contributed by atoms with Crippen LogP contribution in [0, 0.1) is 0 Å². The van der Waals surface area contributed by atoms with Crippen LogP contribution in [-0.2, 0) is 0 Å². The Bertz CT molecular complexity index is 68.1. The van der Waals surface area contributed by atoms with E-state index < -0.39 is 0 Å². The molecule has 0 aromatic carbocycles. The quantitative estimate of drug-likeness (QED) is 0.610. The zero-order valence-electron chi connectivity index (χ0n) is 6.00. The fourth-order valence-corrected chi connectivity index (χ4v) is 1.18. The molecule has 0 radical (unpaired) electrons. The van der Waals surface area contributed by atoms with Gasteiger partial charge in [-0.05, 0) is 6.92 Å². The highest BCUT2D eigenvalue weighted by Crippen LogP contribution is 2.12. The molecule has 3 heteroatoms. The topological polar surface area (TPSA) is 46.2 Å². The Morgan fingerprint density at radius 1 is 1.56 bits per heavy atom. The van der Waals surface area contributed by atoms with Gasteiger partial charge in [-0.15, -0.1) is 0 Å². The molecule has 0 saturated heterocycles. The van der Waals surface area contributed by atoms with Gasteiger partial charge in [-0.3, -0.25) is 0 Å². The maximum Gasteiger partial charge on any atom is 0.0627 e. The molecule has 0 heterocycles. The molecule has 0 aromatic rings. The molecular formula is C6H15NOS. The van der Waals surface area contributed by atoms with E-state index in [2.05, 4.69) is 0 Å². The van der Waals surface area contributed by atoms with Crippen LogP contribution in [0.1, 0.15) is 13.8 Å². The fourth-order valence-electron chi connectivity index (χ4n) is 0.393. The summed E-state index contributed by atoms with van der Waals surface area (Å²) in [5, 5.41) is 9.30. The molecule has 2 unspecified atom stereocenters. The van der Waals surface area contributed by atoms with E-state index in [9.17, 15) is 0 Å². The maximum absolute atomic E-state index is 8.99. The predicted molar refractivity (Wildman–Crippen MR) is 42.7 cm³/mol. The third kappa shape index (κ3) is 4.75. The van der Waals surface area contributed by atoms with Crippen LogP contribution in [-0.4, -0.2) is 28.8 Å². The van der Waals surface area contributed by atoms with Crippen molar-refractivity contribution in [2.45, 2.75) is 25.2 Å². The van der Waals surface area contributed by atoms with Crippen LogP contribution in [0.4, 0.5) is 0 Å². The summed E-state index contributed by atoms with van der Waals surface area (Å²) in [6.07, 6.45) is -0.221. The van der Waals surface area contributed by atoms with Crippen LogP contribution in [0.5, 0.6) is 0 Å². The minimum atomic E-state index is -0.221. The lowest BCUT2D eigenvalue weighted by Crippen LogP contribution is -2.17. The minimum Gasteiger partial charge on any atom is -0.392 e. The van der Waals surface area contributed by atoms with Crippen LogP contribution in [0.25, 0.3) is 0 Å². The van der Waals surface area contributed by atoms with Crippen molar-refractivity contribution in [3.8, 4) is 0 Å². The summed E-state index contributed by atoms with van der Waals surface area (Å²) in [5.74, 6) is 0.937. The van der Waals surface area contributed by atoms with Crippen LogP contribution < -0.4 is 5.73 Å². The largest absolute Gasteiger partial charge is 0.392 e. The number of rotatable bonds is 4. The van der Waals surface area contributed by atoms with Gasteiger partial charge in [0.2, 0.25) is 0 Å². The number of nitrogens with two attached hydrogens (primary N) is 1. The molecule has 0 bridgehead atoms. The average molecular weight is 149 g/mol. The molecule has 9 heavy (non-hydrogen) atoms. The second kappa shape index (κ2) is 5.09. The molecule has 0 aromatic heterocycles. The van der Waals surface area contributed by atoms with Crippen molar-refractivity contribution in [2.24, 2.45) is 5.73 Å². The van der Waals surface area contributed by atoms with Crippen LogP contribution in [0.3, 0.4) is 0 Å². The van der Waals surface area contributed by atoms with E-state index in [0.717, 1.165) is 5.75 Å². The molecule has 0 aliphatic rings. The molecule has 0 saturated carbocycles. The van der Waals surface area contributed by atoms with Gasteiger partial charge in [0.1, 0.15) is 0 Å². The summed E-state index contributed by atoms with van der Waals surface area (Å²) in [6.45, 7) is 4.50. The Kier molecular flexibility index (Phi) is 5.24. The number of thioether (sulfide) groups is 1. The second-order valence-corrected chi connectivity index (χ2v) is 3.59. The first kappa shape index (κ1) is 9.27. The van der Waals surface area contributed by atoms with Gasteiger partial charge < -0.3 is 10.8 Å². The van der Waals surface area contributed by atoms with Crippen molar-refractivity contribution >= 4 is 11.8 Å². The van der Waals surface area contributed by atoms with Gasteiger partial charge in [0.15, 0.2) is 0 Å². The standard InChI is InChI=1S/C6H15NOS/c1-5(8)6(2)9-4-3-7/h5-6,8H,3-4,7H2,1-2H3. The first-order valence-electron chi connectivity index (χ1n) is 3.18. The van der Waals surface area contributed by atoms with Gasteiger partial charge in [0.25, 0.3) is 0 Å². The molecule has 2 nitrogen and oxygen atoms in total. The third-order valence-electron chi connectivity index (χ3n) is 1.18. The maximum atomic E-state index is 8.99. The third-order valence-corrected chi connectivity index (χ3v) is 2.57. The van der Waals surface area contributed by atoms with E-state index in [4.69, 9.17) is 10.8 Å². The Morgan fingerprint density at radius 3 is 2.44 bits per heavy atom. The highest BCUT2D eigenvalue weighted by Gasteiger charge is 2.06. The summed E-state index contributed by atoms with van der Waals surface area (Å²) in [4.78, 5) is 0. The second-order valence-electron chi connectivity index (χ2n) is 2.11. The first-order chi connectivity index (χ1) is 4.18. The first-order valence-corrected chi connectivity index (χ1v) is 4.23. The molecule has 0 aliphatic heterocycles. The van der Waals surface area contributed by atoms with Crippen molar-refractivity contribution in [1.29, 1.82) is 0 Å². The van der Waals surface area contributed by atoms with Gasteiger partial charge >= 0.3 is 0 Å². The molecule has 0 spiro atoms. The Balaban J connectivity index is 3.16. The lowest BCUT2D eigenvalue weighted by molar-refractivity contribution is 0.196. The molecule has 0 fully saturated rings. The van der Waals surface area contributed by atoms with E-state index in [-0.39, 0.29) is 6.10 Å². The zero-order valence-corrected chi connectivity index (χ0v) is 6.82.